The van der Waals surface area contributed by atoms with Crippen molar-refractivity contribution < 1.29 is 4.79 Å². The van der Waals surface area contributed by atoms with Gasteiger partial charge in [0.05, 0.1) is 17.1 Å². The summed E-state index contributed by atoms with van der Waals surface area (Å²) in [7, 11) is 0. The van der Waals surface area contributed by atoms with E-state index >= 15 is 0 Å². The third-order valence-electron chi connectivity index (χ3n) is 4.67. The topological polar surface area (TPSA) is 90.5 Å². The van der Waals surface area contributed by atoms with Crippen molar-refractivity contribution in [2.75, 3.05) is 6.54 Å². The lowest BCUT2D eigenvalue weighted by molar-refractivity contribution is 0.0953. The van der Waals surface area contributed by atoms with Gasteiger partial charge in [-0.05, 0) is 72.2 Å². The molecule has 0 aliphatic rings. The van der Waals surface area contributed by atoms with Gasteiger partial charge in [0.25, 0.3) is 5.91 Å². The number of para-hydroxylation sites is 1. The van der Waals surface area contributed by atoms with Gasteiger partial charge < -0.3 is 5.32 Å². The number of aromatic nitrogens is 6. The van der Waals surface area contributed by atoms with Gasteiger partial charge in [0.2, 0.25) is 0 Å². The minimum absolute atomic E-state index is 0.0926. The standard InChI is InChI=1S/C21H21N7O/c1-16-18(14-27(24-16)19-7-3-2-4-8-19)6-5-13-22-21(29)17-9-11-20(12-10-17)28-15-23-25-26-28/h2-4,7-12,14-15H,5-6,13H2,1H3,(H,22,29). The quantitative estimate of drug-likeness (QED) is 0.492. The zero-order valence-electron chi connectivity index (χ0n) is 16.1. The number of nitrogens with one attached hydrogen (secondary N) is 1. The summed E-state index contributed by atoms with van der Waals surface area (Å²) in [5.41, 5.74) is 4.65. The first-order valence-corrected chi connectivity index (χ1v) is 9.43. The van der Waals surface area contributed by atoms with Gasteiger partial charge in [-0.15, -0.1) is 5.10 Å². The van der Waals surface area contributed by atoms with Crippen molar-refractivity contribution in [1.82, 2.24) is 35.3 Å². The minimum Gasteiger partial charge on any atom is -0.352 e. The molecule has 4 rings (SSSR count). The number of tetrazole rings is 1. The van der Waals surface area contributed by atoms with Crippen molar-refractivity contribution in [3.05, 3.63) is 83.9 Å². The Hall–Kier alpha value is -3.81. The number of nitrogens with zero attached hydrogens (tertiary/aromatic N) is 6. The third kappa shape index (κ3) is 4.37. The molecule has 29 heavy (non-hydrogen) atoms. The van der Waals surface area contributed by atoms with Crippen LogP contribution in [0.3, 0.4) is 0 Å². The van der Waals surface area contributed by atoms with Crippen molar-refractivity contribution in [2.24, 2.45) is 0 Å². The number of aryl methyl sites for hydroxylation is 2. The van der Waals surface area contributed by atoms with Crippen molar-refractivity contribution in [2.45, 2.75) is 19.8 Å². The molecule has 0 saturated heterocycles. The highest BCUT2D eigenvalue weighted by atomic mass is 16.1. The van der Waals surface area contributed by atoms with E-state index in [1.54, 1.807) is 16.8 Å². The molecule has 2 aromatic heterocycles. The molecule has 0 bridgehead atoms. The van der Waals surface area contributed by atoms with Crippen LogP contribution in [0.5, 0.6) is 0 Å². The van der Waals surface area contributed by atoms with E-state index in [1.807, 2.05) is 54.1 Å². The predicted molar refractivity (Wildman–Crippen MR) is 108 cm³/mol. The second kappa shape index (κ2) is 8.47. The molecule has 8 nitrogen and oxygen atoms in total. The average molecular weight is 387 g/mol. The summed E-state index contributed by atoms with van der Waals surface area (Å²) < 4.78 is 3.44. The molecule has 146 valence electrons. The van der Waals surface area contributed by atoms with Crippen molar-refractivity contribution in [3.8, 4) is 11.4 Å². The number of carbonyl (C=O) groups excluding carboxylic acids is 1. The Morgan fingerprint density at radius 1 is 1.00 bits per heavy atom. The Morgan fingerprint density at radius 3 is 2.48 bits per heavy atom. The minimum atomic E-state index is -0.0926. The fraction of sp³-hybridized carbons (Fsp3) is 0.190. The van der Waals surface area contributed by atoms with Gasteiger partial charge >= 0.3 is 0 Å². The van der Waals surface area contributed by atoms with Crippen LogP contribution in [0.15, 0.2) is 67.1 Å². The molecule has 0 unspecified atom stereocenters. The monoisotopic (exact) mass is 387 g/mol. The van der Waals surface area contributed by atoms with E-state index in [4.69, 9.17) is 0 Å². The molecule has 4 aromatic rings. The average Bonchev–Trinajstić information content (AvgIpc) is 3.42. The number of hydrogen-bond acceptors (Lipinski definition) is 5. The van der Waals surface area contributed by atoms with Crippen LogP contribution in [-0.2, 0) is 6.42 Å². The lowest BCUT2D eigenvalue weighted by atomic mass is 10.1. The molecule has 2 aromatic carbocycles. The highest BCUT2D eigenvalue weighted by molar-refractivity contribution is 5.94. The fourth-order valence-corrected chi connectivity index (χ4v) is 3.08. The third-order valence-corrected chi connectivity index (χ3v) is 4.67. The highest BCUT2D eigenvalue weighted by Crippen LogP contribution is 2.13. The molecule has 0 aliphatic carbocycles. The maximum Gasteiger partial charge on any atom is 0.251 e. The normalized spacial score (nSPS) is 10.8. The molecule has 0 radical (unpaired) electrons. The van der Waals surface area contributed by atoms with Crippen molar-refractivity contribution in [1.29, 1.82) is 0 Å². The number of amides is 1. The molecular formula is C21H21N7O. The van der Waals surface area contributed by atoms with E-state index < -0.39 is 0 Å². The van der Waals surface area contributed by atoms with Gasteiger partial charge in [-0.2, -0.15) is 5.10 Å². The molecule has 1 N–H and O–H groups in total. The zero-order valence-corrected chi connectivity index (χ0v) is 16.1. The van der Waals surface area contributed by atoms with Crippen LogP contribution in [-0.4, -0.2) is 42.4 Å². The van der Waals surface area contributed by atoms with E-state index in [-0.39, 0.29) is 5.91 Å². The number of benzene rings is 2. The molecule has 1 amide bonds. The number of hydrogen-bond donors (Lipinski definition) is 1. The Labute approximate surface area is 168 Å². The fourth-order valence-electron chi connectivity index (χ4n) is 3.08. The molecule has 0 aliphatic heterocycles. The summed E-state index contributed by atoms with van der Waals surface area (Å²) in [4.78, 5) is 12.3. The van der Waals surface area contributed by atoms with Crippen LogP contribution >= 0.6 is 0 Å². The number of rotatable bonds is 7. The van der Waals surface area contributed by atoms with E-state index in [1.165, 1.54) is 11.9 Å². The van der Waals surface area contributed by atoms with E-state index in [0.717, 1.165) is 29.9 Å². The summed E-state index contributed by atoms with van der Waals surface area (Å²) in [5, 5.41) is 18.6. The number of carbonyl (C=O) groups is 1. The molecular weight excluding hydrogens is 366 g/mol. The summed E-state index contributed by atoms with van der Waals surface area (Å²) in [5.74, 6) is -0.0926. The first kappa shape index (κ1) is 18.5. The summed E-state index contributed by atoms with van der Waals surface area (Å²) in [6.07, 6.45) is 5.27. The van der Waals surface area contributed by atoms with Crippen LogP contribution in [0.25, 0.3) is 11.4 Å². The lowest BCUT2D eigenvalue weighted by Crippen LogP contribution is -2.24. The smallest absolute Gasteiger partial charge is 0.251 e. The molecule has 0 atom stereocenters. The highest BCUT2D eigenvalue weighted by Gasteiger charge is 2.08. The van der Waals surface area contributed by atoms with Crippen LogP contribution in [0, 0.1) is 6.92 Å². The van der Waals surface area contributed by atoms with Gasteiger partial charge in [-0.3, -0.25) is 4.79 Å². The zero-order chi connectivity index (χ0) is 20.1. The summed E-state index contributed by atoms with van der Waals surface area (Å²) in [6, 6.07) is 17.2. The van der Waals surface area contributed by atoms with Gasteiger partial charge in [0.1, 0.15) is 6.33 Å². The first-order chi connectivity index (χ1) is 14.2. The predicted octanol–water partition coefficient (Wildman–Crippen LogP) is 2.52. The molecule has 0 saturated carbocycles. The molecule has 8 heteroatoms. The Kier molecular flexibility index (Phi) is 5.42. The lowest BCUT2D eigenvalue weighted by Gasteiger charge is -2.06. The molecule has 0 spiro atoms. The van der Waals surface area contributed by atoms with Crippen molar-refractivity contribution >= 4 is 5.91 Å². The maximum absolute atomic E-state index is 12.3. The first-order valence-electron chi connectivity index (χ1n) is 9.43. The second-order valence-electron chi connectivity index (χ2n) is 6.68. The summed E-state index contributed by atoms with van der Waals surface area (Å²) >= 11 is 0. The molecule has 0 fully saturated rings. The van der Waals surface area contributed by atoms with Gasteiger partial charge in [-0.25, -0.2) is 9.36 Å². The van der Waals surface area contributed by atoms with Gasteiger partial charge in [0, 0.05) is 18.3 Å². The summed E-state index contributed by atoms with van der Waals surface area (Å²) in [6.45, 7) is 2.61. The van der Waals surface area contributed by atoms with Crippen LogP contribution in [0.1, 0.15) is 28.0 Å². The Balaban J connectivity index is 1.28. The van der Waals surface area contributed by atoms with Gasteiger partial charge in [-0.1, -0.05) is 18.2 Å². The van der Waals surface area contributed by atoms with Crippen LogP contribution < -0.4 is 5.32 Å². The van der Waals surface area contributed by atoms with E-state index in [9.17, 15) is 4.79 Å². The van der Waals surface area contributed by atoms with Crippen LogP contribution in [0.4, 0.5) is 0 Å². The molecule has 2 heterocycles. The Morgan fingerprint density at radius 2 is 1.76 bits per heavy atom. The SMILES string of the molecule is Cc1nn(-c2ccccc2)cc1CCCNC(=O)c1ccc(-n2cnnn2)cc1. The largest absolute Gasteiger partial charge is 0.352 e. The maximum atomic E-state index is 12.3. The second-order valence-corrected chi connectivity index (χ2v) is 6.68. The Bertz CT molecular complexity index is 1070. The van der Waals surface area contributed by atoms with Crippen LogP contribution in [0.2, 0.25) is 0 Å². The van der Waals surface area contributed by atoms with E-state index in [0.29, 0.717) is 12.1 Å². The van der Waals surface area contributed by atoms with Crippen molar-refractivity contribution in [3.63, 3.8) is 0 Å². The van der Waals surface area contributed by atoms with Gasteiger partial charge in [0.15, 0.2) is 0 Å². The van der Waals surface area contributed by atoms with E-state index in [2.05, 4.69) is 32.1 Å².